The monoisotopic (exact) mass is 185 g/mol. The molecule has 0 bridgehead atoms. The van der Waals surface area contributed by atoms with Crippen LogP contribution in [0.25, 0.3) is 0 Å². The molecule has 0 aromatic carbocycles. The molecule has 0 amide bonds. The molecule has 0 atom stereocenters. The van der Waals surface area contributed by atoms with Gasteiger partial charge in [0.1, 0.15) is 0 Å². The summed E-state index contributed by atoms with van der Waals surface area (Å²) >= 11 is 0. The lowest BCUT2D eigenvalue weighted by atomic mass is 9.93. The molecule has 1 rings (SSSR count). The Morgan fingerprint density at radius 3 is 2.62 bits per heavy atom. The molecule has 0 aromatic heterocycles. The minimum Gasteiger partial charge on any atom is -0.379 e. The molecule has 2 nitrogen and oxygen atoms in total. The molecule has 1 saturated heterocycles. The third-order valence-electron chi connectivity index (χ3n) is 2.67. The van der Waals surface area contributed by atoms with Crippen molar-refractivity contribution in [1.29, 1.82) is 0 Å². The highest BCUT2D eigenvalue weighted by atomic mass is 16.5. The topological polar surface area (TPSA) is 21.3 Å². The van der Waals surface area contributed by atoms with Crippen molar-refractivity contribution in [2.45, 2.75) is 45.6 Å². The quantitative estimate of drug-likeness (QED) is 0.663. The number of piperidine rings is 1. The zero-order valence-electron chi connectivity index (χ0n) is 9.01. The normalized spacial score (nSPS) is 19.6. The summed E-state index contributed by atoms with van der Waals surface area (Å²) in [6.07, 6.45) is 5.72. The first-order valence-electron chi connectivity index (χ1n) is 5.61. The molecule has 0 aromatic rings. The van der Waals surface area contributed by atoms with Crippen LogP contribution in [0.3, 0.4) is 0 Å². The van der Waals surface area contributed by atoms with Crippen LogP contribution in [-0.2, 0) is 4.74 Å². The Morgan fingerprint density at radius 2 is 2.00 bits per heavy atom. The van der Waals surface area contributed by atoms with Gasteiger partial charge in [0.05, 0.1) is 6.10 Å². The van der Waals surface area contributed by atoms with Gasteiger partial charge in [-0.25, -0.2) is 0 Å². The molecule has 2 heteroatoms. The second-order valence-electron chi connectivity index (χ2n) is 4.26. The van der Waals surface area contributed by atoms with Gasteiger partial charge in [0.15, 0.2) is 0 Å². The minimum absolute atomic E-state index is 0.396. The fourth-order valence-electron chi connectivity index (χ4n) is 1.86. The molecule has 78 valence electrons. The number of rotatable bonds is 5. The van der Waals surface area contributed by atoms with E-state index in [9.17, 15) is 0 Å². The van der Waals surface area contributed by atoms with Crippen LogP contribution in [0.15, 0.2) is 0 Å². The summed E-state index contributed by atoms with van der Waals surface area (Å²) in [4.78, 5) is 0. The molecule has 1 N–H and O–H groups in total. The van der Waals surface area contributed by atoms with Crippen LogP contribution in [0.2, 0.25) is 0 Å². The molecule has 13 heavy (non-hydrogen) atoms. The van der Waals surface area contributed by atoms with E-state index in [4.69, 9.17) is 4.74 Å². The summed E-state index contributed by atoms with van der Waals surface area (Å²) in [6.45, 7) is 7.59. The Labute approximate surface area is 82.0 Å². The summed E-state index contributed by atoms with van der Waals surface area (Å²) in [6, 6.07) is 0. The van der Waals surface area contributed by atoms with Crippen molar-refractivity contribution in [1.82, 2.24) is 5.32 Å². The summed E-state index contributed by atoms with van der Waals surface area (Å²) in [7, 11) is 0. The first-order chi connectivity index (χ1) is 6.29. The van der Waals surface area contributed by atoms with E-state index < -0.39 is 0 Å². The zero-order valence-corrected chi connectivity index (χ0v) is 9.01. The van der Waals surface area contributed by atoms with Crippen molar-refractivity contribution < 1.29 is 4.74 Å². The van der Waals surface area contributed by atoms with Crippen LogP contribution < -0.4 is 5.32 Å². The van der Waals surface area contributed by atoms with E-state index >= 15 is 0 Å². The Hall–Kier alpha value is -0.0800. The largest absolute Gasteiger partial charge is 0.379 e. The molecule has 1 aliphatic rings. The molecular weight excluding hydrogens is 162 g/mol. The average molecular weight is 185 g/mol. The van der Waals surface area contributed by atoms with Crippen molar-refractivity contribution in [2.75, 3.05) is 19.7 Å². The Kier molecular flexibility index (Phi) is 5.40. The molecule has 0 unspecified atom stereocenters. The van der Waals surface area contributed by atoms with E-state index in [0.29, 0.717) is 6.10 Å². The summed E-state index contributed by atoms with van der Waals surface area (Å²) in [5.74, 6) is 0.956. The second kappa shape index (κ2) is 6.39. The molecule has 0 aliphatic carbocycles. The van der Waals surface area contributed by atoms with Crippen LogP contribution in [0.1, 0.15) is 39.5 Å². The molecule has 0 saturated carbocycles. The molecule has 1 aliphatic heterocycles. The first-order valence-corrected chi connectivity index (χ1v) is 5.61. The van der Waals surface area contributed by atoms with E-state index in [0.717, 1.165) is 12.5 Å². The Balaban J connectivity index is 1.92. The van der Waals surface area contributed by atoms with Crippen molar-refractivity contribution in [3.05, 3.63) is 0 Å². The van der Waals surface area contributed by atoms with Crippen LogP contribution in [0.5, 0.6) is 0 Å². The highest BCUT2D eigenvalue weighted by Crippen LogP contribution is 2.17. The van der Waals surface area contributed by atoms with Gasteiger partial charge in [-0.15, -0.1) is 0 Å². The lowest BCUT2D eigenvalue weighted by Crippen LogP contribution is -2.27. The fraction of sp³-hybridized carbons (Fsp3) is 1.00. The van der Waals surface area contributed by atoms with Crippen molar-refractivity contribution in [2.24, 2.45) is 5.92 Å². The SMILES string of the molecule is CC(C)OCCCC1CCNCC1. The van der Waals surface area contributed by atoms with Crippen molar-refractivity contribution >= 4 is 0 Å². The van der Waals surface area contributed by atoms with Gasteiger partial charge < -0.3 is 10.1 Å². The van der Waals surface area contributed by atoms with E-state index in [2.05, 4.69) is 19.2 Å². The van der Waals surface area contributed by atoms with Crippen molar-refractivity contribution in [3.63, 3.8) is 0 Å². The lowest BCUT2D eigenvalue weighted by molar-refractivity contribution is 0.0727. The predicted molar refractivity (Wildman–Crippen MR) is 55.9 cm³/mol. The number of hydrogen-bond donors (Lipinski definition) is 1. The summed E-state index contributed by atoms with van der Waals surface area (Å²) < 4.78 is 5.52. The highest BCUT2D eigenvalue weighted by molar-refractivity contribution is 4.68. The van der Waals surface area contributed by atoms with Gasteiger partial charge in [-0.3, -0.25) is 0 Å². The predicted octanol–water partition coefficient (Wildman–Crippen LogP) is 2.19. The zero-order chi connectivity index (χ0) is 9.52. The van der Waals surface area contributed by atoms with Gasteiger partial charge in [0.2, 0.25) is 0 Å². The van der Waals surface area contributed by atoms with E-state index in [1.807, 2.05) is 0 Å². The maximum absolute atomic E-state index is 5.52. The number of ether oxygens (including phenoxy) is 1. The lowest BCUT2D eigenvalue weighted by Gasteiger charge is -2.22. The number of nitrogens with one attached hydrogen (secondary N) is 1. The Morgan fingerprint density at radius 1 is 1.31 bits per heavy atom. The molecule has 1 heterocycles. The van der Waals surface area contributed by atoms with Crippen LogP contribution in [0.4, 0.5) is 0 Å². The van der Waals surface area contributed by atoms with Crippen molar-refractivity contribution in [3.8, 4) is 0 Å². The minimum atomic E-state index is 0.396. The smallest absolute Gasteiger partial charge is 0.0518 e. The maximum atomic E-state index is 5.52. The number of hydrogen-bond acceptors (Lipinski definition) is 2. The Bertz CT molecular complexity index is 119. The van der Waals surface area contributed by atoms with Gasteiger partial charge in [-0.1, -0.05) is 0 Å². The first kappa shape index (κ1) is 11.0. The standard InChI is InChI=1S/C11H23NO/c1-10(2)13-9-3-4-11-5-7-12-8-6-11/h10-12H,3-9H2,1-2H3. The van der Waals surface area contributed by atoms with E-state index in [-0.39, 0.29) is 0 Å². The third-order valence-corrected chi connectivity index (χ3v) is 2.67. The van der Waals surface area contributed by atoms with Gasteiger partial charge in [-0.2, -0.15) is 0 Å². The molecule has 1 fully saturated rings. The third kappa shape index (κ3) is 5.27. The van der Waals surface area contributed by atoms with Crippen LogP contribution in [-0.4, -0.2) is 25.8 Å². The van der Waals surface area contributed by atoms with E-state index in [1.165, 1.54) is 38.8 Å². The molecule has 0 radical (unpaired) electrons. The van der Waals surface area contributed by atoms with Gasteiger partial charge in [-0.05, 0) is 58.5 Å². The fourth-order valence-corrected chi connectivity index (χ4v) is 1.86. The molecule has 0 spiro atoms. The van der Waals surface area contributed by atoms with E-state index in [1.54, 1.807) is 0 Å². The highest BCUT2D eigenvalue weighted by Gasteiger charge is 2.11. The maximum Gasteiger partial charge on any atom is 0.0518 e. The van der Waals surface area contributed by atoms with Gasteiger partial charge in [0.25, 0.3) is 0 Å². The van der Waals surface area contributed by atoms with Crippen LogP contribution in [0, 0.1) is 5.92 Å². The summed E-state index contributed by atoms with van der Waals surface area (Å²) in [5, 5.41) is 3.39. The summed E-state index contributed by atoms with van der Waals surface area (Å²) in [5.41, 5.74) is 0. The average Bonchev–Trinajstić information content (AvgIpc) is 2.14. The molecular formula is C11H23NO. The van der Waals surface area contributed by atoms with Gasteiger partial charge in [0, 0.05) is 6.61 Å². The van der Waals surface area contributed by atoms with Gasteiger partial charge >= 0.3 is 0 Å². The van der Waals surface area contributed by atoms with Crippen LogP contribution >= 0.6 is 0 Å². The second-order valence-corrected chi connectivity index (χ2v) is 4.26.